The first-order valence-electron chi connectivity index (χ1n) is 22.0. The molecule has 64 heavy (non-hydrogen) atoms. The van der Waals surface area contributed by atoms with Gasteiger partial charge in [-0.05, 0) is 98.1 Å². The van der Waals surface area contributed by atoms with E-state index in [2.05, 4.69) is 264 Å². The van der Waals surface area contributed by atoms with E-state index in [0.29, 0.717) is 0 Å². The third-order valence-corrected chi connectivity index (χ3v) is 12.8. The summed E-state index contributed by atoms with van der Waals surface area (Å²) in [5.41, 5.74) is 16.2. The molecular formula is C62H42N2. The van der Waals surface area contributed by atoms with Gasteiger partial charge in [-0.25, -0.2) is 0 Å². The molecule has 0 atom stereocenters. The third-order valence-electron chi connectivity index (χ3n) is 12.8. The number of para-hydroxylation sites is 2. The number of hydrogen-bond acceptors (Lipinski definition) is 1. The van der Waals surface area contributed by atoms with Crippen molar-refractivity contribution in [3.8, 4) is 50.2 Å². The molecule has 11 aromatic carbocycles. The molecule has 0 amide bonds. The average molecular weight is 815 g/mol. The van der Waals surface area contributed by atoms with Gasteiger partial charge < -0.3 is 9.47 Å². The van der Waals surface area contributed by atoms with Crippen molar-refractivity contribution in [2.24, 2.45) is 0 Å². The van der Waals surface area contributed by atoms with Gasteiger partial charge in [0.05, 0.1) is 22.4 Å². The molecule has 300 valence electrons. The van der Waals surface area contributed by atoms with Crippen LogP contribution in [0.2, 0.25) is 0 Å². The smallest absolute Gasteiger partial charge is 0.0619 e. The minimum Gasteiger partial charge on any atom is -0.310 e. The number of nitrogens with zero attached hydrogens (tertiary/aromatic N) is 2. The maximum atomic E-state index is 2.47. The summed E-state index contributed by atoms with van der Waals surface area (Å²) in [4.78, 5) is 2.43. The van der Waals surface area contributed by atoms with Crippen LogP contribution < -0.4 is 4.90 Å². The zero-order chi connectivity index (χ0) is 42.4. The molecule has 1 heterocycles. The van der Waals surface area contributed by atoms with Gasteiger partial charge in [-0.15, -0.1) is 0 Å². The first kappa shape index (κ1) is 37.3. The van der Waals surface area contributed by atoms with Gasteiger partial charge in [0.2, 0.25) is 0 Å². The van der Waals surface area contributed by atoms with Crippen molar-refractivity contribution in [2.75, 3.05) is 4.90 Å². The fourth-order valence-electron chi connectivity index (χ4n) is 9.79. The van der Waals surface area contributed by atoms with E-state index in [-0.39, 0.29) is 0 Å². The Kier molecular flexibility index (Phi) is 9.20. The second-order valence-corrected chi connectivity index (χ2v) is 16.5. The molecule has 0 bridgehead atoms. The Hall–Kier alpha value is -8.46. The first-order chi connectivity index (χ1) is 31.8. The van der Waals surface area contributed by atoms with Crippen LogP contribution in [-0.2, 0) is 0 Å². The topological polar surface area (TPSA) is 8.17 Å². The number of anilines is 3. The summed E-state index contributed by atoms with van der Waals surface area (Å²) < 4.78 is 2.47. The van der Waals surface area contributed by atoms with Crippen LogP contribution in [0.25, 0.3) is 93.5 Å². The molecule has 2 heteroatoms. The van der Waals surface area contributed by atoms with Crippen molar-refractivity contribution in [1.82, 2.24) is 4.57 Å². The van der Waals surface area contributed by atoms with Gasteiger partial charge in [0.1, 0.15) is 0 Å². The Morgan fingerprint density at radius 2 is 0.859 bits per heavy atom. The number of aromatic nitrogens is 1. The normalized spacial score (nSPS) is 11.4. The molecule has 0 aliphatic heterocycles. The predicted molar refractivity (Wildman–Crippen MR) is 272 cm³/mol. The Labute approximate surface area is 373 Å². The van der Waals surface area contributed by atoms with Crippen LogP contribution in [0.1, 0.15) is 0 Å². The quantitative estimate of drug-likeness (QED) is 0.148. The average Bonchev–Trinajstić information content (AvgIpc) is 3.72. The highest BCUT2D eigenvalue weighted by Gasteiger charge is 2.21. The lowest BCUT2D eigenvalue weighted by atomic mass is 9.95. The molecule has 0 unspecified atom stereocenters. The van der Waals surface area contributed by atoms with Crippen molar-refractivity contribution in [3.05, 3.63) is 255 Å². The molecule has 0 fully saturated rings. The maximum absolute atomic E-state index is 2.47. The van der Waals surface area contributed by atoms with E-state index in [1.54, 1.807) is 0 Å². The predicted octanol–water partition coefficient (Wildman–Crippen LogP) is 17.2. The van der Waals surface area contributed by atoms with Crippen LogP contribution >= 0.6 is 0 Å². The van der Waals surface area contributed by atoms with Crippen LogP contribution in [0.4, 0.5) is 17.1 Å². The monoisotopic (exact) mass is 814 g/mol. The molecule has 0 N–H and O–H groups in total. The zero-order valence-electron chi connectivity index (χ0n) is 35.1. The van der Waals surface area contributed by atoms with Crippen molar-refractivity contribution >= 4 is 60.4 Å². The molecule has 0 spiro atoms. The molecular weight excluding hydrogens is 773 g/mol. The molecule has 1 aromatic heterocycles. The Bertz CT molecular complexity index is 3650. The maximum Gasteiger partial charge on any atom is 0.0619 e. The van der Waals surface area contributed by atoms with E-state index < -0.39 is 0 Å². The van der Waals surface area contributed by atoms with Crippen molar-refractivity contribution < 1.29 is 0 Å². The third kappa shape index (κ3) is 6.44. The summed E-state index contributed by atoms with van der Waals surface area (Å²) in [6, 6.07) is 92.7. The fraction of sp³-hybridized carbons (Fsp3) is 0. The second kappa shape index (κ2) is 15.8. The zero-order valence-corrected chi connectivity index (χ0v) is 35.1. The Morgan fingerprint density at radius 3 is 1.67 bits per heavy atom. The molecule has 0 saturated carbocycles. The van der Waals surface area contributed by atoms with Crippen LogP contribution in [0, 0.1) is 0 Å². The first-order valence-corrected chi connectivity index (χ1v) is 22.0. The molecule has 0 radical (unpaired) electrons. The van der Waals surface area contributed by atoms with E-state index in [0.717, 1.165) is 39.4 Å². The summed E-state index contributed by atoms with van der Waals surface area (Å²) in [6.07, 6.45) is 0. The van der Waals surface area contributed by atoms with Gasteiger partial charge in [-0.2, -0.15) is 0 Å². The van der Waals surface area contributed by atoms with Crippen LogP contribution in [-0.4, -0.2) is 4.57 Å². The standard InChI is InChI=1S/C62H42N2/c1-3-17-43(18-4-1)48-36-40-61(58(42-48)45-19-5-2-6-20-45)63(51-25-15-24-49(41-51)53-30-16-23-44-21-7-9-26-52(44)53)50-37-33-47(34-38-50)54-27-11-13-31-59(54)64-60-32-14-12-29-56(60)57-39-35-46-22-8-10-28-55(46)62(57)64/h1-42H. The number of benzene rings is 11. The highest BCUT2D eigenvalue weighted by atomic mass is 15.1. The summed E-state index contributed by atoms with van der Waals surface area (Å²) in [7, 11) is 0. The van der Waals surface area contributed by atoms with Crippen LogP contribution in [0.5, 0.6) is 0 Å². The molecule has 0 saturated heterocycles. The minimum absolute atomic E-state index is 1.07. The van der Waals surface area contributed by atoms with Crippen molar-refractivity contribution in [1.29, 1.82) is 0 Å². The number of rotatable bonds is 8. The number of fused-ring (bicyclic) bond motifs is 6. The molecule has 12 rings (SSSR count). The van der Waals surface area contributed by atoms with Gasteiger partial charge in [0.15, 0.2) is 0 Å². The Balaban J connectivity index is 1.05. The Morgan fingerprint density at radius 1 is 0.281 bits per heavy atom. The van der Waals surface area contributed by atoms with Crippen LogP contribution in [0.15, 0.2) is 255 Å². The van der Waals surface area contributed by atoms with Gasteiger partial charge in [0, 0.05) is 38.7 Å². The summed E-state index contributed by atoms with van der Waals surface area (Å²) >= 11 is 0. The molecule has 0 aliphatic rings. The second-order valence-electron chi connectivity index (χ2n) is 16.5. The highest BCUT2D eigenvalue weighted by Crippen LogP contribution is 2.45. The summed E-state index contributed by atoms with van der Waals surface area (Å²) in [5, 5.41) is 7.46. The SMILES string of the molecule is c1ccc(-c2ccc(N(c3ccc(-c4ccccc4-n4c5ccccc5c5ccc6ccccc6c54)cc3)c3cccc(-c4cccc5ccccc45)c3)c(-c3ccccc3)c2)cc1. The van der Waals surface area contributed by atoms with Crippen molar-refractivity contribution in [3.63, 3.8) is 0 Å². The molecule has 0 aliphatic carbocycles. The molecule has 2 nitrogen and oxygen atoms in total. The van der Waals surface area contributed by atoms with E-state index in [1.807, 2.05) is 0 Å². The van der Waals surface area contributed by atoms with E-state index in [1.165, 1.54) is 71.2 Å². The lowest BCUT2D eigenvalue weighted by molar-refractivity contribution is 1.19. The number of hydrogen-bond donors (Lipinski definition) is 0. The highest BCUT2D eigenvalue weighted by molar-refractivity contribution is 6.19. The minimum atomic E-state index is 1.07. The molecule has 12 aromatic rings. The lowest BCUT2D eigenvalue weighted by Crippen LogP contribution is -2.11. The lowest BCUT2D eigenvalue weighted by Gasteiger charge is -2.29. The van der Waals surface area contributed by atoms with Gasteiger partial charge >= 0.3 is 0 Å². The van der Waals surface area contributed by atoms with Crippen molar-refractivity contribution in [2.45, 2.75) is 0 Å². The van der Waals surface area contributed by atoms with Gasteiger partial charge in [-0.1, -0.05) is 206 Å². The van der Waals surface area contributed by atoms with Gasteiger partial charge in [0.25, 0.3) is 0 Å². The van der Waals surface area contributed by atoms with E-state index >= 15 is 0 Å². The van der Waals surface area contributed by atoms with E-state index in [4.69, 9.17) is 0 Å². The van der Waals surface area contributed by atoms with Gasteiger partial charge in [-0.3, -0.25) is 0 Å². The summed E-state index contributed by atoms with van der Waals surface area (Å²) in [6.45, 7) is 0. The van der Waals surface area contributed by atoms with Crippen LogP contribution in [0.3, 0.4) is 0 Å². The summed E-state index contributed by atoms with van der Waals surface area (Å²) in [5.74, 6) is 0. The fourth-order valence-corrected chi connectivity index (χ4v) is 9.79. The largest absolute Gasteiger partial charge is 0.310 e. The van der Waals surface area contributed by atoms with E-state index in [9.17, 15) is 0 Å².